The van der Waals surface area contributed by atoms with Gasteiger partial charge in [0.1, 0.15) is 5.75 Å². The van der Waals surface area contributed by atoms with Crippen LogP contribution in [-0.2, 0) is 9.53 Å². The minimum Gasteiger partial charge on any atom is -0.497 e. The molecule has 3 atom stereocenters. The summed E-state index contributed by atoms with van der Waals surface area (Å²) in [7, 11) is 1.69. The van der Waals surface area contributed by atoms with Gasteiger partial charge in [0.25, 0.3) is 0 Å². The molecule has 132 valence electrons. The number of carbonyl (C=O) groups is 1. The van der Waals surface area contributed by atoms with Crippen molar-refractivity contribution in [2.45, 2.75) is 44.9 Å². The molecule has 2 heterocycles. The van der Waals surface area contributed by atoms with Crippen LogP contribution < -0.4 is 4.74 Å². The lowest BCUT2D eigenvalue weighted by atomic mass is 10.0. The first-order valence-corrected chi connectivity index (χ1v) is 8.88. The van der Waals surface area contributed by atoms with Crippen molar-refractivity contribution in [1.29, 1.82) is 0 Å². The van der Waals surface area contributed by atoms with Gasteiger partial charge in [-0.15, -0.1) is 0 Å². The first-order valence-electron chi connectivity index (χ1n) is 8.88. The van der Waals surface area contributed by atoms with Gasteiger partial charge in [0.05, 0.1) is 25.9 Å². The van der Waals surface area contributed by atoms with E-state index in [-0.39, 0.29) is 18.1 Å². The third kappa shape index (κ3) is 3.90. The number of amides is 1. The van der Waals surface area contributed by atoms with Gasteiger partial charge in [-0.25, -0.2) is 0 Å². The van der Waals surface area contributed by atoms with Crippen molar-refractivity contribution < 1.29 is 14.3 Å². The van der Waals surface area contributed by atoms with Crippen molar-refractivity contribution in [2.75, 3.05) is 33.3 Å². The molecule has 1 aromatic carbocycles. The number of benzene rings is 1. The molecule has 3 unspecified atom stereocenters. The van der Waals surface area contributed by atoms with E-state index in [4.69, 9.17) is 9.47 Å². The van der Waals surface area contributed by atoms with Gasteiger partial charge in [0.2, 0.25) is 5.91 Å². The average molecular weight is 332 g/mol. The molecule has 0 saturated carbocycles. The number of hydrogen-bond donors (Lipinski definition) is 0. The lowest BCUT2D eigenvalue weighted by Crippen LogP contribution is -2.51. The molecule has 2 aliphatic heterocycles. The number of carbonyl (C=O) groups excluding carboxylic acids is 1. The molecule has 1 amide bonds. The maximum absolute atomic E-state index is 12.7. The molecular formula is C19H28N2O3. The monoisotopic (exact) mass is 332 g/mol. The maximum Gasteiger partial charge on any atom is 0.236 e. The average Bonchev–Trinajstić information content (AvgIpc) is 3.02. The maximum atomic E-state index is 12.7. The number of morpholine rings is 1. The Bertz CT molecular complexity index is 567. The largest absolute Gasteiger partial charge is 0.497 e. The number of nitrogens with zero attached hydrogens (tertiary/aromatic N) is 2. The highest BCUT2D eigenvalue weighted by atomic mass is 16.5. The smallest absolute Gasteiger partial charge is 0.236 e. The van der Waals surface area contributed by atoms with Crippen molar-refractivity contribution in [2.24, 2.45) is 0 Å². The van der Waals surface area contributed by atoms with Crippen LogP contribution in [0.25, 0.3) is 0 Å². The Kier molecular flexibility index (Phi) is 5.41. The van der Waals surface area contributed by atoms with Gasteiger partial charge in [-0.2, -0.15) is 0 Å². The topological polar surface area (TPSA) is 42.0 Å². The molecule has 24 heavy (non-hydrogen) atoms. The van der Waals surface area contributed by atoms with Gasteiger partial charge in [-0.05, 0) is 50.9 Å². The van der Waals surface area contributed by atoms with Crippen molar-refractivity contribution in [3.8, 4) is 5.75 Å². The Balaban J connectivity index is 1.66. The van der Waals surface area contributed by atoms with Crippen molar-refractivity contribution in [1.82, 2.24) is 9.80 Å². The van der Waals surface area contributed by atoms with Gasteiger partial charge in [0.15, 0.2) is 0 Å². The van der Waals surface area contributed by atoms with E-state index in [2.05, 4.69) is 17.0 Å². The van der Waals surface area contributed by atoms with Crippen LogP contribution in [0.1, 0.15) is 38.3 Å². The Morgan fingerprint density at radius 1 is 1.29 bits per heavy atom. The van der Waals surface area contributed by atoms with Gasteiger partial charge in [-0.1, -0.05) is 12.1 Å². The first kappa shape index (κ1) is 17.2. The van der Waals surface area contributed by atoms with Crippen LogP contribution in [0.3, 0.4) is 0 Å². The lowest BCUT2D eigenvalue weighted by Gasteiger charge is -2.36. The zero-order valence-corrected chi connectivity index (χ0v) is 14.9. The third-order valence-electron chi connectivity index (χ3n) is 4.95. The summed E-state index contributed by atoms with van der Waals surface area (Å²) in [6.45, 7) is 6.92. The Morgan fingerprint density at radius 3 is 2.75 bits per heavy atom. The second-order valence-corrected chi connectivity index (χ2v) is 6.96. The van der Waals surface area contributed by atoms with Crippen LogP contribution in [0.2, 0.25) is 0 Å². The molecule has 0 aromatic heterocycles. The van der Waals surface area contributed by atoms with Crippen molar-refractivity contribution in [3.05, 3.63) is 29.8 Å². The Labute approximate surface area is 144 Å². The lowest BCUT2D eigenvalue weighted by molar-refractivity contribution is -0.144. The van der Waals surface area contributed by atoms with Crippen LogP contribution in [0.4, 0.5) is 0 Å². The van der Waals surface area contributed by atoms with Crippen LogP contribution in [0.15, 0.2) is 24.3 Å². The minimum atomic E-state index is 0.116. The SMILES string of the molecule is COc1cccc(C2CCCN2CC(=O)N2CC(C)OC(C)C2)c1. The third-order valence-corrected chi connectivity index (χ3v) is 4.95. The van der Waals surface area contributed by atoms with Crippen molar-refractivity contribution >= 4 is 5.91 Å². The molecule has 0 N–H and O–H groups in total. The van der Waals surface area contributed by atoms with Crippen LogP contribution >= 0.6 is 0 Å². The highest BCUT2D eigenvalue weighted by Crippen LogP contribution is 2.33. The standard InChI is InChI=1S/C19H28N2O3/c1-14-11-21(12-15(2)24-14)19(22)13-20-9-5-8-18(20)16-6-4-7-17(10-16)23-3/h4,6-7,10,14-15,18H,5,8-9,11-13H2,1-3H3. The summed E-state index contributed by atoms with van der Waals surface area (Å²) in [6, 6.07) is 8.52. The summed E-state index contributed by atoms with van der Waals surface area (Å²) in [6.07, 6.45) is 2.46. The molecular weight excluding hydrogens is 304 g/mol. The number of rotatable bonds is 4. The summed E-state index contributed by atoms with van der Waals surface area (Å²) in [4.78, 5) is 17.0. The molecule has 2 saturated heterocycles. The van der Waals surface area contributed by atoms with Gasteiger partial charge in [0, 0.05) is 19.1 Å². The fraction of sp³-hybridized carbons (Fsp3) is 0.632. The van der Waals surface area contributed by atoms with E-state index >= 15 is 0 Å². The van der Waals surface area contributed by atoms with E-state index < -0.39 is 0 Å². The summed E-state index contributed by atoms with van der Waals surface area (Å²) in [5.74, 6) is 1.09. The molecule has 1 aromatic rings. The predicted molar refractivity (Wildman–Crippen MR) is 93.1 cm³/mol. The zero-order valence-electron chi connectivity index (χ0n) is 14.9. The normalized spacial score (nSPS) is 28.1. The molecule has 0 radical (unpaired) electrons. The summed E-state index contributed by atoms with van der Waals surface area (Å²) in [5.41, 5.74) is 1.24. The molecule has 2 fully saturated rings. The molecule has 5 nitrogen and oxygen atoms in total. The highest BCUT2D eigenvalue weighted by Gasteiger charge is 2.31. The second kappa shape index (κ2) is 7.53. The van der Waals surface area contributed by atoms with Gasteiger partial charge < -0.3 is 14.4 Å². The summed E-state index contributed by atoms with van der Waals surface area (Å²) >= 11 is 0. The molecule has 0 bridgehead atoms. The molecule has 5 heteroatoms. The Morgan fingerprint density at radius 2 is 2.04 bits per heavy atom. The predicted octanol–water partition coefficient (Wildman–Crippen LogP) is 2.47. The van der Waals surface area contributed by atoms with E-state index in [0.29, 0.717) is 25.7 Å². The highest BCUT2D eigenvalue weighted by molar-refractivity contribution is 5.78. The second-order valence-electron chi connectivity index (χ2n) is 6.96. The van der Waals surface area contributed by atoms with Crippen molar-refractivity contribution in [3.63, 3.8) is 0 Å². The van der Waals surface area contributed by atoms with E-state index in [1.165, 1.54) is 5.56 Å². The molecule has 2 aliphatic rings. The fourth-order valence-corrected chi connectivity index (χ4v) is 3.90. The number of likely N-dealkylation sites (tertiary alicyclic amines) is 1. The van der Waals surface area contributed by atoms with Crippen LogP contribution in [0.5, 0.6) is 5.75 Å². The summed E-state index contributed by atoms with van der Waals surface area (Å²) < 4.78 is 11.1. The molecule has 3 rings (SSSR count). The number of ether oxygens (including phenoxy) is 2. The molecule has 0 spiro atoms. The van der Waals surface area contributed by atoms with Crippen LogP contribution in [-0.4, -0.2) is 61.2 Å². The molecule has 0 aliphatic carbocycles. The van der Waals surface area contributed by atoms with Gasteiger partial charge >= 0.3 is 0 Å². The van der Waals surface area contributed by atoms with E-state index in [0.717, 1.165) is 25.1 Å². The minimum absolute atomic E-state index is 0.116. The summed E-state index contributed by atoms with van der Waals surface area (Å²) in [5, 5.41) is 0. The number of methoxy groups -OCH3 is 1. The van der Waals surface area contributed by atoms with Gasteiger partial charge in [-0.3, -0.25) is 9.69 Å². The van der Waals surface area contributed by atoms with Crippen LogP contribution in [0, 0.1) is 0 Å². The quantitative estimate of drug-likeness (QED) is 0.849. The van der Waals surface area contributed by atoms with E-state index in [1.807, 2.05) is 30.9 Å². The number of hydrogen-bond acceptors (Lipinski definition) is 4. The fourth-order valence-electron chi connectivity index (χ4n) is 3.90. The van der Waals surface area contributed by atoms with E-state index in [9.17, 15) is 4.79 Å². The Hall–Kier alpha value is -1.59. The zero-order chi connectivity index (χ0) is 17.1. The first-order chi connectivity index (χ1) is 11.6. The van der Waals surface area contributed by atoms with E-state index in [1.54, 1.807) is 7.11 Å².